The van der Waals surface area contributed by atoms with Crippen LogP contribution in [-0.4, -0.2) is 0 Å². The molecule has 0 aliphatic heterocycles. The van der Waals surface area contributed by atoms with Gasteiger partial charge in [-0.15, -0.1) is 0 Å². The van der Waals surface area contributed by atoms with Crippen molar-refractivity contribution in [1.82, 2.24) is 0 Å². The summed E-state index contributed by atoms with van der Waals surface area (Å²) in [6.07, 6.45) is 13.1. The molecule has 1 aliphatic rings. The molecule has 0 heteroatoms. The van der Waals surface area contributed by atoms with Gasteiger partial charge < -0.3 is 0 Å². The van der Waals surface area contributed by atoms with E-state index >= 15 is 0 Å². The summed E-state index contributed by atoms with van der Waals surface area (Å²) in [7, 11) is 0. The zero-order chi connectivity index (χ0) is 15.7. The summed E-state index contributed by atoms with van der Waals surface area (Å²) in [5, 5.41) is 0. The fourth-order valence-electron chi connectivity index (χ4n) is 2.74. The van der Waals surface area contributed by atoms with Gasteiger partial charge >= 0.3 is 0 Å². The van der Waals surface area contributed by atoms with Crippen LogP contribution in [0.2, 0.25) is 0 Å². The standard InChI is InChI=1S/C19H22.C2H6/c1-4-11-16(2)19(3,17-12-7-5-8-13-17)18-14-9-6-10-15-18;1-2/h4-9,11-14H,2,10,15H2,1,3H3;1-2H3/b11-4-;. The molecule has 0 nitrogen and oxygen atoms in total. The Morgan fingerprint density at radius 1 is 1.19 bits per heavy atom. The van der Waals surface area contributed by atoms with Crippen LogP contribution in [-0.2, 0) is 5.41 Å². The molecule has 1 aromatic rings. The van der Waals surface area contributed by atoms with E-state index in [9.17, 15) is 0 Å². The predicted octanol–water partition coefficient (Wildman–Crippen LogP) is 6.38. The van der Waals surface area contributed by atoms with E-state index in [0.717, 1.165) is 18.4 Å². The minimum Gasteiger partial charge on any atom is -0.0946 e. The van der Waals surface area contributed by atoms with Crippen molar-refractivity contribution in [3.8, 4) is 0 Å². The van der Waals surface area contributed by atoms with Crippen molar-refractivity contribution in [2.45, 2.75) is 46.0 Å². The molecule has 112 valence electrons. The zero-order valence-corrected chi connectivity index (χ0v) is 13.9. The maximum atomic E-state index is 4.32. The molecular weight excluding hydrogens is 252 g/mol. The number of rotatable bonds is 4. The van der Waals surface area contributed by atoms with Crippen LogP contribution in [0.15, 0.2) is 78.4 Å². The first-order valence-electron chi connectivity index (χ1n) is 7.93. The lowest BCUT2D eigenvalue weighted by molar-refractivity contribution is 0.634. The Labute approximate surface area is 130 Å². The van der Waals surface area contributed by atoms with E-state index < -0.39 is 0 Å². The monoisotopic (exact) mass is 280 g/mol. The molecule has 0 spiro atoms. The minimum absolute atomic E-state index is 0.0987. The highest BCUT2D eigenvalue weighted by Crippen LogP contribution is 2.41. The van der Waals surface area contributed by atoms with Crippen LogP contribution < -0.4 is 0 Å². The second kappa shape index (κ2) is 8.46. The van der Waals surface area contributed by atoms with Crippen LogP contribution in [0.5, 0.6) is 0 Å². The largest absolute Gasteiger partial charge is 0.0946 e. The normalized spacial score (nSPS) is 16.7. The predicted molar refractivity (Wildman–Crippen MR) is 95.6 cm³/mol. The first-order valence-corrected chi connectivity index (χ1v) is 7.93. The highest BCUT2D eigenvalue weighted by atomic mass is 14.4. The van der Waals surface area contributed by atoms with Gasteiger partial charge in [-0.3, -0.25) is 0 Å². The summed E-state index contributed by atoms with van der Waals surface area (Å²) in [6, 6.07) is 10.7. The first kappa shape index (κ1) is 17.2. The highest BCUT2D eigenvalue weighted by Gasteiger charge is 2.32. The van der Waals surface area contributed by atoms with Crippen molar-refractivity contribution < 1.29 is 0 Å². The van der Waals surface area contributed by atoms with Gasteiger partial charge in [0.25, 0.3) is 0 Å². The lowest BCUT2D eigenvalue weighted by atomic mass is 9.68. The Balaban J connectivity index is 0.00000106. The van der Waals surface area contributed by atoms with Gasteiger partial charge in [-0.2, -0.15) is 0 Å². The molecule has 1 atom stereocenters. The molecule has 0 saturated heterocycles. The van der Waals surface area contributed by atoms with Gasteiger partial charge in [0.05, 0.1) is 0 Å². The van der Waals surface area contributed by atoms with Gasteiger partial charge in [0, 0.05) is 5.41 Å². The van der Waals surface area contributed by atoms with E-state index in [2.05, 4.69) is 74.2 Å². The van der Waals surface area contributed by atoms with Crippen LogP contribution in [0, 0.1) is 0 Å². The van der Waals surface area contributed by atoms with E-state index in [0.29, 0.717) is 0 Å². The van der Waals surface area contributed by atoms with Crippen molar-refractivity contribution in [3.63, 3.8) is 0 Å². The van der Waals surface area contributed by atoms with Crippen LogP contribution in [0.3, 0.4) is 0 Å². The fourth-order valence-corrected chi connectivity index (χ4v) is 2.74. The number of hydrogen-bond acceptors (Lipinski definition) is 0. The molecule has 0 fully saturated rings. The van der Waals surface area contributed by atoms with Gasteiger partial charge in [0.2, 0.25) is 0 Å². The first-order chi connectivity index (χ1) is 10.2. The Morgan fingerprint density at radius 2 is 1.86 bits per heavy atom. The quantitative estimate of drug-likeness (QED) is 0.561. The van der Waals surface area contributed by atoms with Gasteiger partial charge in [-0.25, -0.2) is 0 Å². The third kappa shape index (κ3) is 3.85. The number of benzene rings is 1. The Kier molecular flexibility index (Phi) is 6.94. The van der Waals surface area contributed by atoms with E-state index in [1.807, 2.05) is 20.8 Å². The Bertz CT molecular complexity index is 528. The molecule has 0 amide bonds. The average Bonchev–Trinajstić information content (AvgIpc) is 2.57. The summed E-state index contributed by atoms with van der Waals surface area (Å²) < 4.78 is 0. The van der Waals surface area contributed by atoms with Gasteiger partial charge in [0.1, 0.15) is 0 Å². The number of allylic oxidation sites excluding steroid dienone is 7. The maximum absolute atomic E-state index is 4.32. The Hall–Kier alpha value is -1.82. The van der Waals surface area contributed by atoms with Gasteiger partial charge in [-0.05, 0) is 37.8 Å². The molecule has 2 rings (SSSR count). The smallest absolute Gasteiger partial charge is 0.0380 e. The van der Waals surface area contributed by atoms with Gasteiger partial charge in [0.15, 0.2) is 0 Å². The molecule has 0 bridgehead atoms. The number of hydrogen-bond donors (Lipinski definition) is 0. The van der Waals surface area contributed by atoms with Crippen LogP contribution in [0.4, 0.5) is 0 Å². The summed E-state index contributed by atoms with van der Waals surface area (Å²) in [4.78, 5) is 0. The summed E-state index contributed by atoms with van der Waals surface area (Å²) in [5.41, 5.74) is 3.82. The zero-order valence-electron chi connectivity index (χ0n) is 13.9. The van der Waals surface area contributed by atoms with E-state index in [1.54, 1.807) is 0 Å². The molecule has 1 aromatic carbocycles. The van der Waals surface area contributed by atoms with Crippen molar-refractivity contribution in [3.05, 3.63) is 84.0 Å². The topological polar surface area (TPSA) is 0 Å². The van der Waals surface area contributed by atoms with Crippen molar-refractivity contribution in [2.24, 2.45) is 0 Å². The third-order valence-electron chi connectivity index (χ3n) is 4.02. The average molecular weight is 280 g/mol. The second-order valence-electron chi connectivity index (χ2n) is 5.17. The van der Waals surface area contributed by atoms with Crippen LogP contribution >= 0.6 is 0 Å². The van der Waals surface area contributed by atoms with Crippen LogP contribution in [0.1, 0.15) is 46.1 Å². The Morgan fingerprint density at radius 3 is 2.38 bits per heavy atom. The summed E-state index contributed by atoms with van der Waals surface area (Å²) in [6.45, 7) is 12.7. The van der Waals surface area contributed by atoms with Crippen molar-refractivity contribution >= 4 is 0 Å². The van der Waals surface area contributed by atoms with E-state index in [-0.39, 0.29) is 5.41 Å². The van der Waals surface area contributed by atoms with Gasteiger partial charge in [-0.1, -0.05) is 86.7 Å². The summed E-state index contributed by atoms with van der Waals surface area (Å²) in [5.74, 6) is 0. The SMILES string of the molecule is C=C(/C=C\C)C(C)(C1=CC=CCC1)c1ccccc1.CC. The molecule has 0 radical (unpaired) electrons. The van der Waals surface area contributed by atoms with Crippen molar-refractivity contribution in [1.29, 1.82) is 0 Å². The molecule has 0 aromatic heterocycles. The molecule has 1 unspecified atom stereocenters. The molecule has 21 heavy (non-hydrogen) atoms. The van der Waals surface area contributed by atoms with E-state index in [4.69, 9.17) is 0 Å². The van der Waals surface area contributed by atoms with E-state index in [1.165, 1.54) is 11.1 Å². The maximum Gasteiger partial charge on any atom is 0.0380 e. The molecular formula is C21H28. The van der Waals surface area contributed by atoms with Crippen LogP contribution in [0.25, 0.3) is 0 Å². The van der Waals surface area contributed by atoms with Crippen molar-refractivity contribution in [2.75, 3.05) is 0 Å². The minimum atomic E-state index is -0.0987. The molecule has 0 N–H and O–H groups in total. The lowest BCUT2D eigenvalue weighted by Crippen LogP contribution is -2.27. The highest BCUT2D eigenvalue weighted by molar-refractivity contribution is 5.50. The lowest BCUT2D eigenvalue weighted by Gasteiger charge is -2.35. The summed E-state index contributed by atoms with van der Waals surface area (Å²) >= 11 is 0. The second-order valence-corrected chi connectivity index (χ2v) is 5.17. The fraction of sp³-hybridized carbons (Fsp3) is 0.333. The third-order valence-corrected chi connectivity index (χ3v) is 4.02. The molecule has 0 heterocycles. The molecule has 0 saturated carbocycles. The molecule has 1 aliphatic carbocycles.